The monoisotopic (exact) mass is 444 g/mol. The molecule has 0 saturated carbocycles. The van der Waals surface area contributed by atoms with Crippen LogP contribution in [0.25, 0.3) is 0 Å². The average Bonchev–Trinajstić information content (AvgIpc) is 3.32. The number of ether oxygens (including phenoxy) is 1. The van der Waals surface area contributed by atoms with Crippen molar-refractivity contribution >= 4 is 23.3 Å². The Bertz CT molecular complexity index is 1140. The molecule has 8 nitrogen and oxygen atoms in total. The molecule has 1 heterocycles. The van der Waals surface area contributed by atoms with Gasteiger partial charge in [0.1, 0.15) is 11.9 Å². The van der Waals surface area contributed by atoms with E-state index in [1.165, 1.54) is 0 Å². The van der Waals surface area contributed by atoms with Gasteiger partial charge in [-0.3, -0.25) is 9.59 Å². The van der Waals surface area contributed by atoms with Crippen LogP contribution in [-0.4, -0.2) is 23.3 Å². The zero-order valence-corrected chi connectivity index (χ0v) is 17.7. The SMILES string of the molecule is O=C(O)CC(Oc1cccc(NC(=O)c2cccc(NC3NC=CN3)c2)c1)c1ccccc1. The van der Waals surface area contributed by atoms with Crippen LogP contribution in [0, 0.1) is 0 Å². The van der Waals surface area contributed by atoms with Gasteiger partial charge in [-0.25, -0.2) is 0 Å². The summed E-state index contributed by atoms with van der Waals surface area (Å²) in [6, 6.07) is 23.3. The molecule has 0 bridgehead atoms. The zero-order chi connectivity index (χ0) is 23.0. The highest BCUT2D eigenvalue weighted by Gasteiger charge is 2.18. The van der Waals surface area contributed by atoms with Crippen LogP contribution in [0.5, 0.6) is 5.75 Å². The van der Waals surface area contributed by atoms with Crippen molar-refractivity contribution in [2.45, 2.75) is 18.8 Å². The van der Waals surface area contributed by atoms with Gasteiger partial charge in [-0.1, -0.05) is 42.5 Å². The third-order valence-electron chi connectivity index (χ3n) is 4.95. The van der Waals surface area contributed by atoms with E-state index < -0.39 is 12.1 Å². The van der Waals surface area contributed by atoms with E-state index in [2.05, 4.69) is 21.3 Å². The normalized spacial score (nSPS) is 13.5. The number of carboxylic acids is 1. The van der Waals surface area contributed by atoms with Crippen molar-refractivity contribution in [3.63, 3.8) is 0 Å². The molecule has 0 fully saturated rings. The fourth-order valence-corrected chi connectivity index (χ4v) is 3.41. The standard InChI is InChI=1S/C25H24N4O4/c30-23(31)16-22(17-6-2-1-3-7-17)33-21-11-5-10-20(15-21)28-24(32)18-8-4-9-19(14-18)29-25-26-12-13-27-25/h1-15,22,25-27,29H,16H2,(H,28,32)(H,30,31). The maximum absolute atomic E-state index is 12.8. The molecular weight excluding hydrogens is 420 g/mol. The number of carboxylic acid groups (broad SMARTS) is 1. The van der Waals surface area contributed by atoms with Crippen LogP contribution < -0.4 is 26.0 Å². The predicted octanol–water partition coefficient (Wildman–Crippen LogP) is 3.89. The Morgan fingerprint density at radius 2 is 1.64 bits per heavy atom. The molecule has 0 aromatic heterocycles. The van der Waals surface area contributed by atoms with Gasteiger partial charge in [-0.15, -0.1) is 0 Å². The van der Waals surface area contributed by atoms with Crippen molar-refractivity contribution in [3.05, 3.63) is 102 Å². The number of carbonyl (C=O) groups excluding carboxylic acids is 1. The van der Waals surface area contributed by atoms with Crippen LogP contribution in [0.1, 0.15) is 28.4 Å². The van der Waals surface area contributed by atoms with Crippen molar-refractivity contribution in [2.24, 2.45) is 0 Å². The third-order valence-corrected chi connectivity index (χ3v) is 4.95. The number of anilines is 2. The second kappa shape index (κ2) is 10.2. The van der Waals surface area contributed by atoms with Gasteiger partial charge < -0.3 is 31.1 Å². The summed E-state index contributed by atoms with van der Waals surface area (Å²) in [4.78, 5) is 24.1. The summed E-state index contributed by atoms with van der Waals surface area (Å²) in [6.45, 7) is 0. The zero-order valence-electron chi connectivity index (χ0n) is 17.7. The third kappa shape index (κ3) is 6.04. The topological polar surface area (TPSA) is 112 Å². The second-order valence-corrected chi connectivity index (χ2v) is 7.42. The molecule has 1 amide bonds. The fourth-order valence-electron chi connectivity index (χ4n) is 3.41. The van der Waals surface area contributed by atoms with Crippen LogP contribution in [0.2, 0.25) is 0 Å². The molecular formula is C25H24N4O4. The fraction of sp³-hybridized carbons (Fsp3) is 0.120. The van der Waals surface area contributed by atoms with Gasteiger partial charge in [0.25, 0.3) is 5.91 Å². The van der Waals surface area contributed by atoms with E-state index in [4.69, 9.17) is 4.74 Å². The van der Waals surface area contributed by atoms with E-state index in [-0.39, 0.29) is 18.6 Å². The van der Waals surface area contributed by atoms with E-state index in [0.29, 0.717) is 17.0 Å². The number of benzene rings is 3. The molecule has 1 unspecified atom stereocenters. The first-order chi connectivity index (χ1) is 16.1. The van der Waals surface area contributed by atoms with E-state index in [1.54, 1.807) is 54.9 Å². The number of nitrogens with one attached hydrogen (secondary N) is 4. The molecule has 0 saturated heterocycles. The largest absolute Gasteiger partial charge is 0.485 e. The molecule has 1 aliphatic heterocycles. The molecule has 1 aliphatic rings. The van der Waals surface area contributed by atoms with Crippen LogP contribution >= 0.6 is 0 Å². The molecule has 8 heteroatoms. The first-order valence-corrected chi connectivity index (χ1v) is 10.5. The van der Waals surface area contributed by atoms with E-state index >= 15 is 0 Å². The number of aliphatic carboxylic acids is 1. The quantitative estimate of drug-likeness (QED) is 0.340. The summed E-state index contributed by atoms with van der Waals surface area (Å²) in [5, 5.41) is 21.5. The summed E-state index contributed by atoms with van der Waals surface area (Å²) in [6.07, 6.45) is 2.62. The molecule has 0 spiro atoms. The Kier molecular flexibility index (Phi) is 6.75. The van der Waals surface area contributed by atoms with Crippen LogP contribution in [-0.2, 0) is 4.79 Å². The van der Waals surface area contributed by atoms with E-state index in [0.717, 1.165) is 11.3 Å². The summed E-state index contributed by atoms with van der Waals surface area (Å²) in [5.41, 5.74) is 2.58. The van der Waals surface area contributed by atoms with Crippen molar-refractivity contribution in [1.29, 1.82) is 0 Å². The maximum atomic E-state index is 12.8. The van der Waals surface area contributed by atoms with E-state index in [9.17, 15) is 14.7 Å². The highest BCUT2D eigenvalue weighted by Crippen LogP contribution is 2.27. The van der Waals surface area contributed by atoms with Gasteiger partial charge in [0.05, 0.1) is 6.42 Å². The Balaban J connectivity index is 1.44. The number of rotatable bonds is 9. The number of carbonyl (C=O) groups is 2. The lowest BCUT2D eigenvalue weighted by Crippen LogP contribution is -2.38. The van der Waals surface area contributed by atoms with Gasteiger partial charge >= 0.3 is 5.97 Å². The van der Waals surface area contributed by atoms with Gasteiger partial charge in [-0.2, -0.15) is 0 Å². The minimum Gasteiger partial charge on any atom is -0.485 e. The lowest BCUT2D eigenvalue weighted by molar-refractivity contribution is -0.138. The van der Waals surface area contributed by atoms with Gasteiger partial charge in [0.15, 0.2) is 6.29 Å². The molecule has 168 valence electrons. The minimum absolute atomic E-state index is 0.138. The summed E-state index contributed by atoms with van der Waals surface area (Å²) >= 11 is 0. The molecule has 3 aromatic rings. The molecule has 0 aliphatic carbocycles. The van der Waals surface area contributed by atoms with Crippen molar-refractivity contribution in [2.75, 3.05) is 10.6 Å². The summed E-state index contributed by atoms with van der Waals surface area (Å²) in [5.74, 6) is -0.767. The number of hydrogen-bond donors (Lipinski definition) is 5. The smallest absolute Gasteiger partial charge is 0.307 e. The predicted molar refractivity (Wildman–Crippen MR) is 126 cm³/mol. The summed E-state index contributed by atoms with van der Waals surface area (Å²) < 4.78 is 5.97. The second-order valence-electron chi connectivity index (χ2n) is 7.42. The molecule has 0 radical (unpaired) electrons. The Labute approximate surface area is 191 Å². The highest BCUT2D eigenvalue weighted by molar-refractivity contribution is 6.04. The van der Waals surface area contributed by atoms with Crippen LogP contribution in [0.3, 0.4) is 0 Å². The maximum Gasteiger partial charge on any atom is 0.307 e. The first kappa shape index (κ1) is 21.8. The molecule has 1 atom stereocenters. The molecule has 33 heavy (non-hydrogen) atoms. The molecule has 5 N–H and O–H groups in total. The minimum atomic E-state index is -0.958. The molecule has 3 aromatic carbocycles. The number of amides is 1. The number of hydrogen-bond acceptors (Lipinski definition) is 6. The summed E-state index contributed by atoms with van der Waals surface area (Å²) in [7, 11) is 0. The molecule has 4 rings (SSSR count). The van der Waals surface area contributed by atoms with Gasteiger partial charge in [0, 0.05) is 35.4 Å². The lowest BCUT2D eigenvalue weighted by atomic mass is 10.1. The van der Waals surface area contributed by atoms with Gasteiger partial charge in [-0.05, 0) is 35.9 Å². The average molecular weight is 444 g/mol. The Morgan fingerprint density at radius 3 is 2.39 bits per heavy atom. The Morgan fingerprint density at radius 1 is 0.909 bits per heavy atom. The highest BCUT2D eigenvalue weighted by atomic mass is 16.5. The van der Waals surface area contributed by atoms with Crippen molar-refractivity contribution < 1.29 is 19.4 Å². The Hall–Kier alpha value is -4.46. The van der Waals surface area contributed by atoms with Crippen LogP contribution in [0.4, 0.5) is 11.4 Å². The first-order valence-electron chi connectivity index (χ1n) is 10.5. The van der Waals surface area contributed by atoms with Gasteiger partial charge in [0.2, 0.25) is 0 Å². The van der Waals surface area contributed by atoms with Crippen molar-refractivity contribution in [3.8, 4) is 5.75 Å². The van der Waals surface area contributed by atoms with E-state index in [1.807, 2.05) is 36.4 Å². The van der Waals surface area contributed by atoms with Crippen molar-refractivity contribution in [1.82, 2.24) is 10.6 Å². The van der Waals surface area contributed by atoms with Crippen LogP contribution in [0.15, 0.2) is 91.3 Å². The lowest BCUT2D eigenvalue weighted by Gasteiger charge is -2.19.